The fourth-order valence-electron chi connectivity index (χ4n) is 2.58. The van der Waals surface area contributed by atoms with E-state index in [1.165, 1.54) is 18.0 Å². The lowest BCUT2D eigenvalue weighted by Gasteiger charge is -2.30. The highest BCUT2D eigenvalue weighted by molar-refractivity contribution is 5.90. The molecule has 1 saturated heterocycles. The summed E-state index contributed by atoms with van der Waals surface area (Å²) < 4.78 is 5.63. The Morgan fingerprint density at radius 2 is 2.09 bits per heavy atom. The van der Waals surface area contributed by atoms with Gasteiger partial charge in [0.25, 0.3) is 5.91 Å². The largest absolute Gasteiger partial charge is 0.424 e. The average molecular weight is 313 g/mol. The van der Waals surface area contributed by atoms with Gasteiger partial charge in [-0.3, -0.25) is 4.79 Å². The Morgan fingerprint density at radius 1 is 1.30 bits per heavy atom. The van der Waals surface area contributed by atoms with Crippen molar-refractivity contribution in [2.24, 2.45) is 5.73 Å². The van der Waals surface area contributed by atoms with Crippen LogP contribution in [0.15, 0.2) is 30.5 Å². The second-order valence-corrected chi connectivity index (χ2v) is 5.38. The van der Waals surface area contributed by atoms with Gasteiger partial charge < -0.3 is 20.7 Å². The first-order valence-electron chi connectivity index (χ1n) is 7.50. The predicted octanol–water partition coefficient (Wildman–Crippen LogP) is 1.09. The number of nitrogens with zero attached hydrogens (tertiary/aromatic N) is 3. The minimum absolute atomic E-state index is 0.107. The van der Waals surface area contributed by atoms with Gasteiger partial charge in [-0.2, -0.15) is 4.98 Å². The van der Waals surface area contributed by atoms with Crippen LogP contribution in [0.1, 0.15) is 16.1 Å². The Balaban J connectivity index is 1.77. The number of ether oxygens (including phenoxy) is 1. The van der Waals surface area contributed by atoms with Crippen LogP contribution in [-0.4, -0.2) is 42.1 Å². The number of rotatable bonds is 4. The van der Waals surface area contributed by atoms with E-state index >= 15 is 0 Å². The molecular formula is C16H19N5O2. The molecule has 1 aliphatic heterocycles. The fourth-order valence-corrected chi connectivity index (χ4v) is 2.58. The van der Waals surface area contributed by atoms with Crippen molar-refractivity contribution in [2.75, 3.05) is 31.1 Å². The summed E-state index contributed by atoms with van der Waals surface area (Å²) in [6.45, 7) is 6.01. The Hall–Kier alpha value is -2.67. The first-order chi connectivity index (χ1) is 11.1. The molecule has 1 amide bonds. The average Bonchev–Trinajstić information content (AvgIpc) is 2.56. The zero-order chi connectivity index (χ0) is 16.2. The molecule has 1 fully saturated rings. The molecule has 0 atom stereocenters. The number of hydrogen-bond donors (Lipinski definition) is 2. The van der Waals surface area contributed by atoms with Gasteiger partial charge in [-0.1, -0.05) is 0 Å². The monoisotopic (exact) mass is 313 g/mol. The maximum absolute atomic E-state index is 11.1. The van der Waals surface area contributed by atoms with Crippen molar-refractivity contribution in [3.8, 4) is 11.8 Å². The smallest absolute Gasteiger partial charge is 0.322 e. The van der Waals surface area contributed by atoms with E-state index in [-0.39, 0.29) is 11.7 Å². The Bertz CT molecular complexity index is 713. The molecule has 1 aliphatic rings. The molecule has 7 nitrogen and oxygen atoms in total. The van der Waals surface area contributed by atoms with Gasteiger partial charge in [0.1, 0.15) is 11.4 Å². The van der Waals surface area contributed by atoms with Crippen molar-refractivity contribution in [3.63, 3.8) is 0 Å². The SMILES string of the molecule is Cc1cc(Oc2nccc(C(N)=O)n2)ccc1N1CCNCC1. The van der Waals surface area contributed by atoms with E-state index in [2.05, 4.69) is 20.2 Å². The number of carbonyl (C=O) groups excluding carboxylic acids is 1. The number of nitrogens with one attached hydrogen (secondary N) is 1. The lowest BCUT2D eigenvalue weighted by atomic mass is 10.1. The van der Waals surface area contributed by atoms with E-state index in [0.29, 0.717) is 5.75 Å². The topological polar surface area (TPSA) is 93.4 Å². The molecule has 0 bridgehead atoms. The maximum atomic E-state index is 11.1. The van der Waals surface area contributed by atoms with Crippen LogP contribution in [0.25, 0.3) is 0 Å². The number of aryl methyl sites for hydroxylation is 1. The summed E-state index contributed by atoms with van der Waals surface area (Å²) in [5, 5.41) is 3.34. The van der Waals surface area contributed by atoms with Crippen molar-refractivity contribution in [3.05, 3.63) is 41.7 Å². The van der Waals surface area contributed by atoms with Crippen molar-refractivity contribution < 1.29 is 9.53 Å². The predicted molar refractivity (Wildman–Crippen MR) is 86.9 cm³/mol. The standard InChI is InChI=1S/C16H19N5O2/c1-11-10-12(2-3-14(11)21-8-6-18-7-9-21)23-16-19-5-4-13(20-16)15(17)22/h2-5,10,18H,6-9H2,1H3,(H2,17,22). The number of piperazine rings is 1. The first-order valence-corrected chi connectivity index (χ1v) is 7.50. The van der Waals surface area contributed by atoms with Gasteiger partial charge in [-0.25, -0.2) is 4.98 Å². The van der Waals surface area contributed by atoms with Crippen LogP contribution in [0.5, 0.6) is 11.8 Å². The van der Waals surface area contributed by atoms with Crippen LogP contribution >= 0.6 is 0 Å². The maximum Gasteiger partial charge on any atom is 0.322 e. The number of benzene rings is 1. The highest BCUT2D eigenvalue weighted by Gasteiger charge is 2.13. The van der Waals surface area contributed by atoms with Crippen molar-refractivity contribution in [2.45, 2.75) is 6.92 Å². The molecule has 0 aliphatic carbocycles. The van der Waals surface area contributed by atoms with E-state index in [1.54, 1.807) is 0 Å². The number of amides is 1. The molecule has 0 spiro atoms. The normalized spacial score (nSPS) is 14.6. The number of carbonyl (C=O) groups is 1. The first kappa shape index (κ1) is 15.2. The molecule has 2 heterocycles. The number of aromatic nitrogens is 2. The van der Waals surface area contributed by atoms with Gasteiger partial charge in [0.05, 0.1) is 0 Å². The molecule has 3 rings (SSSR count). The molecule has 7 heteroatoms. The van der Waals surface area contributed by atoms with Crippen LogP contribution in [0.4, 0.5) is 5.69 Å². The fraction of sp³-hybridized carbons (Fsp3) is 0.312. The van der Waals surface area contributed by atoms with Crippen molar-refractivity contribution in [1.82, 2.24) is 15.3 Å². The van der Waals surface area contributed by atoms with Gasteiger partial charge >= 0.3 is 6.01 Å². The highest BCUT2D eigenvalue weighted by Crippen LogP contribution is 2.27. The number of hydrogen-bond acceptors (Lipinski definition) is 6. The summed E-state index contributed by atoms with van der Waals surface area (Å²) in [6, 6.07) is 7.42. The summed E-state index contributed by atoms with van der Waals surface area (Å²) in [6.07, 6.45) is 1.45. The van der Waals surface area contributed by atoms with Gasteiger partial charge in [0.15, 0.2) is 0 Å². The minimum Gasteiger partial charge on any atom is -0.424 e. The lowest BCUT2D eigenvalue weighted by Crippen LogP contribution is -2.43. The lowest BCUT2D eigenvalue weighted by molar-refractivity contribution is 0.0994. The van der Waals surface area contributed by atoms with Gasteiger partial charge in [0, 0.05) is 38.1 Å². The van der Waals surface area contributed by atoms with Gasteiger partial charge in [-0.05, 0) is 36.8 Å². The molecule has 23 heavy (non-hydrogen) atoms. The van der Waals surface area contributed by atoms with E-state index in [4.69, 9.17) is 10.5 Å². The molecular weight excluding hydrogens is 294 g/mol. The highest BCUT2D eigenvalue weighted by atomic mass is 16.5. The Morgan fingerprint density at radius 3 is 2.78 bits per heavy atom. The molecule has 0 unspecified atom stereocenters. The number of anilines is 1. The van der Waals surface area contributed by atoms with Crippen molar-refractivity contribution >= 4 is 11.6 Å². The van der Waals surface area contributed by atoms with Crippen LogP contribution in [0.2, 0.25) is 0 Å². The van der Waals surface area contributed by atoms with Gasteiger partial charge in [-0.15, -0.1) is 0 Å². The zero-order valence-electron chi connectivity index (χ0n) is 13.0. The van der Waals surface area contributed by atoms with Crippen LogP contribution in [0.3, 0.4) is 0 Å². The van der Waals surface area contributed by atoms with Crippen LogP contribution < -0.4 is 20.7 Å². The quantitative estimate of drug-likeness (QED) is 0.877. The molecule has 0 radical (unpaired) electrons. The van der Waals surface area contributed by atoms with E-state index in [9.17, 15) is 4.79 Å². The summed E-state index contributed by atoms with van der Waals surface area (Å²) in [7, 11) is 0. The zero-order valence-corrected chi connectivity index (χ0v) is 13.0. The van der Waals surface area contributed by atoms with E-state index in [1.807, 2.05) is 25.1 Å². The second-order valence-electron chi connectivity index (χ2n) is 5.38. The second kappa shape index (κ2) is 6.62. The Labute approximate surface area is 134 Å². The molecule has 0 saturated carbocycles. The van der Waals surface area contributed by atoms with E-state index < -0.39 is 5.91 Å². The minimum atomic E-state index is -0.609. The van der Waals surface area contributed by atoms with Crippen LogP contribution in [0, 0.1) is 6.92 Å². The summed E-state index contributed by atoms with van der Waals surface area (Å²) >= 11 is 0. The number of primary amides is 1. The summed E-state index contributed by atoms with van der Waals surface area (Å²) in [5.41, 5.74) is 7.66. The third kappa shape index (κ3) is 3.57. The Kier molecular flexibility index (Phi) is 4.38. The summed E-state index contributed by atoms with van der Waals surface area (Å²) in [4.78, 5) is 21.5. The number of nitrogens with two attached hydrogens (primary N) is 1. The molecule has 3 N–H and O–H groups in total. The molecule has 1 aromatic heterocycles. The van der Waals surface area contributed by atoms with Crippen LogP contribution in [-0.2, 0) is 0 Å². The molecule has 2 aromatic rings. The third-order valence-electron chi connectivity index (χ3n) is 3.72. The molecule has 120 valence electrons. The third-order valence-corrected chi connectivity index (χ3v) is 3.72. The van der Waals surface area contributed by atoms with Gasteiger partial charge in [0.2, 0.25) is 0 Å². The van der Waals surface area contributed by atoms with E-state index in [0.717, 1.165) is 31.7 Å². The van der Waals surface area contributed by atoms with Crippen molar-refractivity contribution in [1.29, 1.82) is 0 Å². The summed E-state index contributed by atoms with van der Waals surface area (Å²) in [5.74, 6) is 0.0190. The molecule has 1 aromatic carbocycles.